The van der Waals surface area contributed by atoms with Crippen molar-refractivity contribution in [2.45, 2.75) is 44.7 Å². The first-order chi connectivity index (χ1) is 12.6. The molecule has 1 N–H and O–H groups in total. The summed E-state index contributed by atoms with van der Waals surface area (Å²) in [4.78, 5) is 27.2. The van der Waals surface area contributed by atoms with Crippen LogP contribution in [-0.4, -0.2) is 22.8 Å². The molecule has 26 heavy (non-hydrogen) atoms. The number of anilines is 1. The fourth-order valence-electron chi connectivity index (χ4n) is 3.95. The first-order valence-electron chi connectivity index (χ1n) is 9.13. The van der Waals surface area contributed by atoms with E-state index < -0.39 is 0 Å². The SMILES string of the molecule is O=C(Nc1ccc2c(c1)CN(C1CCCCC1)C2=O)c1ccccc1Cl. The van der Waals surface area contributed by atoms with Crippen molar-refractivity contribution in [3.63, 3.8) is 0 Å². The number of nitrogens with zero attached hydrogens (tertiary/aromatic N) is 1. The molecule has 2 amide bonds. The quantitative estimate of drug-likeness (QED) is 0.839. The number of amides is 2. The third kappa shape index (κ3) is 3.21. The first kappa shape index (κ1) is 17.1. The molecule has 1 aliphatic heterocycles. The highest BCUT2D eigenvalue weighted by molar-refractivity contribution is 6.34. The minimum atomic E-state index is -0.246. The van der Waals surface area contributed by atoms with Crippen LogP contribution in [0.5, 0.6) is 0 Å². The van der Waals surface area contributed by atoms with Crippen LogP contribution in [0.25, 0.3) is 0 Å². The molecule has 0 spiro atoms. The molecule has 0 unspecified atom stereocenters. The number of halogens is 1. The highest BCUT2D eigenvalue weighted by Crippen LogP contribution is 2.32. The zero-order chi connectivity index (χ0) is 18.1. The lowest BCUT2D eigenvalue weighted by atomic mass is 9.94. The van der Waals surface area contributed by atoms with E-state index >= 15 is 0 Å². The van der Waals surface area contributed by atoms with Crippen molar-refractivity contribution in [1.82, 2.24) is 4.90 Å². The van der Waals surface area contributed by atoms with E-state index in [4.69, 9.17) is 11.6 Å². The fraction of sp³-hybridized carbons (Fsp3) is 0.333. The lowest BCUT2D eigenvalue weighted by Crippen LogP contribution is -2.36. The second kappa shape index (κ2) is 7.12. The molecular weight excluding hydrogens is 348 g/mol. The molecular formula is C21H21ClN2O2. The lowest BCUT2D eigenvalue weighted by Gasteiger charge is -2.30. The molecule has 2 aliphatic rings. The predicted octanol–water partition coefficient (Wildman–Crippen LogP) is 4.88. The average molecular weight is 369 g/mol. The Hall–Kier alpha value is -2.33. The highest BCUT2D eigenvalue weighted by Gasteiger charge is 2.33. The van der Waals surface area contributed by atoms with Crippen LogP contribution >= 0.6 is 11.6 Å². The van der Waals surface area contributed by atoms with Gasteiger partial charge in [-0.1, -0.05) is 43.0 Å². The molecule has 1 aliphatic carbocycles. The van der Waals surface area contributed by atoms with Gasteiger partial charge in [0.1, 0.15) is 0 Å². The monoisotopic (exact) mass is 368 g/mol. The molecule has 1 saturated carbocycles. The molecule has 0 saturated heterocycles. The van der Waals surface area contributed by atoms with E-state index in [9.17, 15) is 9.59 Å². The minimum Gasteiger partial charge on any atom is -0.331 e. The van der Waals surface area contributed by atoms with Gasteiger partial charge in [0.15, 0.2) is 0 Å². The van der Waals surface area contributed by atoms with E-state index in [1.54, 1.807) is 30.3 Å². The van der Waals surface area contributed by atoms with Crippen LogP contribution in [0.15, 0.2) is 42.5 Å². The predicted molar refractivity (Wildman–Crippen MR) is 103 cm³/mol. The van der Waals surface area contributed by atoms with Crippen molar-refractivity contribution in [2.75, 3.05) is 5.32 Å². The van der Waals surface area contributed by atoms with E-state index in [0.29, 0.717) is 28.9 Å². The summed E-state index contributed by atoms with van der Waals surface area (Å²) in [5.74, 6) is -0.125. The molecule has 2 aromatic rings. The third-order valence-corrected chi connectivity index (χ3v) is 5.66. The Bertz CT molecular complexity index is 859. The molecule has 0 radical (unpaired) electrons. The highest BCUT2D eigenvalue weighted by atomic mass is 35.5. The summed E-state index contributed by atoms with van der Waals surface area (Å²) in [6.45, 7) is 0.634. The van der Waals surface area contributed by atoms with Gasteiger partial charge in [-0.25, -0.2) is 0 Å². The van der Waals surface area contributed by atoms with Crippen molar-refractivity contribution in [1.29, 1.82) is 0 Å². The van der Waals surface area contributed by atoms with Gasteiger partial charge in [-0.3, -0.25) is 9.59 Å². The molecule has 1 heterocycles. The zero-order valence-corrected chi connectivity index (χ0v) is 15.3. The largest absolute Gasteiger partial charge is 0.331 e. The van der Waals surface area contributed by atoms with Crippen LogP contribution in [0.3, 0.4) is 0 Å². The lowest BCUT2D eigenvalue weighted by molar-refractivity contribution is 0.0660. The number of carbonyl (C=O) groups is 2. The number of carbonyl (C=O) groups excluding carboxylic acids is 2. The summed E-state index contributed by atoms with van der Waals surface area (Å²) in [6.07, 6.45) is 5.85. The van der Waals surface area contributed by atoms with E-state index in [2.05, 4.69) is 5.32 Å². The molecule has 2 aromatic carbocycles. The van der Waals surface area contributed by atoms with E-state index in [1.165, 1.54) is 19.3 Å². The smallest absolute Gasteiger partial charge is 0.257 e. The van der Waals surface area contributed by atoms with Crippen molar-refractivity contribution in [3.8, 4) is 0 Å². The summed E-state index contributed by atoms with van der Waals surface area (Å²) in [5.41, 5.74) is 2.87. The van der Waals surface area contributed by atoms with Crippen LogP contribution in [0.2, 0.25) is 5.02 Å². The van der Waals surface area contributed by atoms with Crippen LogP contribution in [0, 0.1) is 0 Å². The van der Waals surface area contributed by atoms with Crippen LogP contribution in [-0.2, 0) is 6.54 Å². The van der Waals surface area contributed by atoms with Gasteiger partial charge in [-0.15, -0.1) is 0 Å². The van der Waals surface area contributed by atoms with Crippen LogP contribution in [0.1, 0.15) is 58.4 Å². The first-order valence-corrected chi connectivity index (χ1v) is 9.51. The van der Waals surface area contributed by atoms with Crippen molar-refractivity contribution in [3.05, 3.63) is 64.2 Å². The maximum Gasteiger partial charge on any atom is 0.257 e. The normalized spacial score (nSPS) is 17.3. The van der Waals surface area contributed by atoms with Gasteiger partial charge < -0.3 is 10.2 Å². The Labute approximate surface area is 158 Å². The van der Waals surface area contributed by atoms with Gasteiger partial charge in [-0.2, -0.15) is 0 Å². The summed E-state index contributed by atoms with van der Waals surface area (Å²) in [7, 11) is 0. The van der Waals surface area contributed by atoms with Crippen LogP contribution < -0.4 is 5.32 Å². The molecule has 0 atom stereocenters. The summed E-state index contributed by atoms with van der Waals surface area (Å²) >= 11 is 6.09. The van der Waals surface area contributed by atoms with Gasteiger partial charge in [0.2, 0.25) is 0 Å². The second-order valence-electron chi connectivity index (χ2n) is 7.03. The second-order valence-corrected chi connectivity index (χ2v) is 7.44. The summed E-state index contributed by atoms with van der Waals surface area (Å²) in [6, 6.07) is 12.8. The maximum atomic E-state index is 12.7. The van der Waals surface area contributed by atoms with Gasteiger partial charge >= 0.3 is 0 Å². The molecule has 4 nitrogen and oxygen atoms in total. The third-order valence-electron chi connectivity index (χ3n) is 5.33. The number of rotatable bonds is 3. The van der Waals surface area contributed by atoms with E-state index in [-0.39, 0.29) is 11.8 Å². The Morgan fingerprint density at radius 1 is 1.08 bits per heavy atom. The molecule has 134 valence electrons. The van der Waals surface area contributed by atoms with Crippen molar-refractivity contribution >= 4 is 29.1 Å². The van der Waals surface area contributed by atoms with Gasteiger partial charge in [0.25, 0.3) is 11.8 Å². The number of hydrogen-bond donors (Lipinski definition) is 1. The Morgan fingerprint density at radius 2 is 1.85 bits per heavy atom. The van der Waals surface area contributed by atoms with Crippen molar-refractivity contribution < 1.29 is 9.59 Å². The Kier molecular flexibility index (Phi) is 4.68. The van der Waals surface area contributed by atoms with Crippen molar-refractivity contribution in [2.24, 2.45) is 0 Å². The number of nitrogens with one attached hydrogen (secondary N) is 1. The zero-order valence-electron chi connectivity index (χ0n) is 14.5. The van der Waals surface area contributed by atoms with Gasteiger partial charge in [0, 0.05) is 23.8 Å². The Balaban J connectivity index is 1.51. The van der Waals surface area contributed by atoms with Gasteiger partial charge in [0.05, 0.1) is 10.6 Å². The fourth-order valence-corrected chi connectivity index (χ4v) is 4.17. The molecule has 4 rings (SSSR count). The standard InChI is InChI=1S/C21H21ClN2O2/c22-19-9-5-4-8-18(19)20(25)23-15-10-11-17-14(12-15)13-24(21(17)26)16-6-2-1-3-7-16/h4-5,8-12,16H,1-3,6-7,13H2,(H,23,25). The summed E-state index contributed by atoms with van der Waals surface area (Å²) < 4.78 is 0. The molecule has 0 aromatic heterocycles. The average Bonchev–Trinajstić information content (AvgIpc) is 2.99. The molecule has 5 heteroatoms. The maximum absolute atomic E-state index is 12.7. The van der Waals surface area contributed by atoms with E-state index in [0.717, 1.165) is 24.0 Å². The topological polar surface area (TPSA) is 49.4 Å². The van der Waals surface area contributed by atoms with Gasteiger partial charge in [-0.05, 0) is 48.7 Å². The minimum absolute atomic E-state index is 0.121. The number of hydrogen-bond acceptors (Lipinski definition) is 2. The number of fused-ring (bicyclic) bond motifs is 1. The molecule has 0 bridgehead atoms. The summed E-state index contributed by atoms with van der Waals surface area (Å²) in [5, 5.41) is 3.31. The van der Waals surface area contributed by atoms with E-state index in [1.807, 2.05) is 17.0 Å². The molecule has 1 fully saturated rings. The Morgan fingerprint density at radius 3 is 2.62 bits per heavy atom. The van der Waals surface area contributed by atoms with Crippen LogP contribution in [0.4, 0.5) is 5.69 Å². The number of benzene rings is 2.